The Kier molecular flexibility index (Phi) is 7.66. The second-order valence-corrected chi connectivity index (χ2v) is 16.2. The zero-order chi connectivity index (χ0) is 38.1. The quantitative estimate of drug-likeness (QED) is 0.162. The van der Waals surface area contributed by atoms with Crippen LogP contribution in [0.4, 0.5) is 34.1 Å². The third-order valence-corrected chi connectivity index (χ3v) is 12.7. The Bertz CT molecular complexity index is 3110. The van der Waals surface area contributed by atoms with E-state index in [1.54, 1.807) is 0 Å². The number of nitrogens with zero attached hydrogens (tertiary/aromatic N) is 3. The van der Waals surface area contributed by atoms with E-state index in [1.165, 1.54) is 42.4 Å². The SMILES string of the molecule is CC1(C)c2ccccc2-c2ccc(N(c3ccccc3)c3cc(N(c4ccccc4)c4cccc5c4sc4ccccc45)cc4nc(-c5ccccc5)oc34)cc21. The van der Waals surface area contributed by atoms with E-state index in [9.17, 15) is 0 Å². The van der Waals surface area contributed by atoms with Crippen LogP contribution < -0.4 is 9.80 Å². The van der Waals surface area contributed by atoms with E-state index in [0.29, 0.717) is 5.89 Å². The summed E-state index contributed by atoms with van der Waals surface area (Å²) < 4.78 is 9.38. The monoisotopic (exact) mass is 751 g/mol. The molecule has 0 amide bonds. The van der Waals surface area contributed by atoms with Gasteiger partial charge < -0.3 is 14.2 Å². The molecule has 1 aliphatic carbocycles. The Labute approximate surface area is 335 Å². The van der Waals surface area contributed by atoms with Gasteiger partial charge in [-0.15, -0.1) is 11.3 Å². The highest BCUT2D eigenvalue weighted by molar-refractivity contribution is 7.26. The van der Waals surface area contributed by atoms with Crippen LogP contribution in [-0.2, 0) is 5.41 Å². The number of hydrogen-bond acceptors (Lipinski definition) is 5. The lowest BCUT2D eigenvalue weighted by Gasteiger charge is -2.30. The van der Waals surface area contributed by atoms with E-state index in [1.807, 2.05) is 29.5 Å². The molecule has 5 heteroatoms. The number of para-hydroxylation sites is 2. The van der Waals surface area contributed by atoms with Gasteiger partial charge in [-0.2, -0.15) is 0 Å². The number of oxazole rings is 1. The molecular formula is C52H37N3OS. The molecule has 4 nitrogen and oxygen atoms in total. The Morgan fingerprint density at radius 1 is 0.491 bits per heavy atom. The van der Waals surface area contributed by atoms with Crippen molar-refractivity contribution in [1.82, 2.24) is 4.98 Å². The summed E-state index contributed by atoms with van der Waals surface area (Å²) in [5.74, 6) is 0.584. The molecule has 57 heavy (non-hydrogen) atoms. The molecule has 11 rings (SSSR count). The maximum absolute atomic E-state index is 6.88. The van der Waals surface area contributed by atoms with Gasteiger partial charge in [0.25, 0.3) is 0 Å². The number of rotatable bonds is 7. The van der Waals surface area contributed by atoms with Gasteiger partial charge in [0.05, 0.1) is 21.8 Å². The molecule has 0 bridgehead atoms. The first-order chi connectivity index (χ1) is 28.0. The average Bonchev–Trinajstić information content (AvgIpc) is 3.93. The van der Waals surface area contributed by atoms with E-state index < -0.39 is 0 Å². The van der Waals surface area contributed by atoms with E-state index in [4.69, 9.17) is 9.40 Å². The van der Waals surface area contributed by atoms with Crippen LogP contribution in [0.3, 0.4) is 0 Å². The van der Waals surface area contributed by atoms with E-state index in [2.05, 4.69) is 194 Å². The first kappa shape index (κ1) is 33.4. The molecule has 10 aromatic rings. The van der Waals surface area contributed by atoms with Crippen LogP contribution in [0.25, 0.3) is 53.9 Å². The molecule has 2 heterocycles. The molecule has 0 fully saturated rings. The van der Waals surface area contributed by atoms with Gasteiger partial charge in [-0.05, 0) is 95.1 Å². The van der Waals surface area contributed by atoms with Gasteiger partial charge >= 0.3 is 0 Å². The van der Waals surface area contributed by atoms with Gasteiger partial charge in [0.2, 0.25) is 5.89 Å². The summed E-state index contributed by atoms with van der Waals surface area (Å²) in [7, 11) is 0. The van der Waals surface area contributed by atoms with Crippen molar-refractivity contribution >= 4 is 76.7 Å². The van der Waals surface area contributed by atoms with Crippen molar-refractivity contribution in [2.75, 3.05) is 9.80 Å². The van der Waals surface area contributed by atoms with Crippen molar-refractivity contribution in [3.05, 3.63) is 199 Å². The summed E-state index contributed by atoms with van der Waals surface area (Å²) in [6, 6.07) is 67.0. The van der Waals surface area contributed by atoms with Gasteiger partial charge in [0.15, 0.2) is 5.58 Å². The predicted octanol–water partition coefficient (Wildman–Crippen LogP) is 15.1. The van der Waals surface area contributed by atoms with Crippen molar-refractivity contribution in [1.29, 1.82) is 0 Å². The first-order valence-electron chi connectivity index (χ1n) is 19.4. The Balaban J connectivity index is 1.20. The topological polar surface area (TPSA) is 32.5 Å². The smallest absolute Gasteiger partial charge is 0.227 e. The first-order valence-corrected chi connectivity index (χ1v) is 20.2. The van der Waals surface area contributed by atoms with Crippen molar-refractivity contribution in [3.8, 4) is 22.6 Å². The minimum absolute atomic E-state index is 0.165. The zero-order valence-electron chi connectivity index (χ0n) is 31.6. The third-order valence-electron chi connectivity index (χ3n) is 11.5. The maximum Gasteiger partial charge on any atom is 0.227 e. The lowest BCUT2D eigenvalue weighted by Crippen LogP contribution is -2.17. The summed E-state index contributed by atoms with van der Waals surface area (Å²) in [4.78, 5) is 9.95. The highest BCUT2D eigenvalue weighted by Crippen LogP contribution is 2.52. The molecule has 8 aromatic carbocycles. The molecule has 0 saturated heterocycles. The van der Waals surface area contributed by atoms with Crippen LogP contribution in [0, 0.1) is 0 Å². The van der Waals surface area contributed by atoms with Crippen LogP contribution in [-0.4, -0.2) is 4.98 Å². The van der Waals surface area contributed by atoms with E-state index in [-0.39, 0.29) is 5.41 Å². The lowest BCUT2D eigenvalue weighted by molar-refractivity contribution is 0.620. The highest BCUT2D eigenvalue weighted by atomic mass is 32.1. The Morgan fingerprint density at radius 3 is 1.89 bits per heavy atom. The van der Waals surface area contributed by atoms with Crippen LogP contribution >= 0.6 is 11.3 Å². The minimum atomic E-state index is -0.165. The van der Waals surface area contributed by atoms with Crippen molar-refractivity contribution in [2.45, 2.75) is 19.3 Å². The summed E-state index contributed by atoms with van der Waals surface area (Å²) >= 11 is 1.83. The fourth-order valence-electron chi connectivity index (χ4n) is 8.75. The minimum Gasteiger partial charge on any atom is -0.434 e. The second kappa shape index (κ2) is 13.1. The molecule has 0 saturated carbocycles. The number of hydrogen-bond donors (Lipinski definition) is 0. The third kappa shape index (κ3) is 5.38. The molecule has 0 unspecified atom stereocenters. The standard InChI is InChI=1S/C52H37N3OS/c1-52(2)43-26-14-12-23-39(43)40-30-29-37(31-44(40)52)54(35-19-8-4-9-20-35)47-33-38(32-45-49(47)56-51(53-45)34-17-6-3-7-18-34)55(36-21-10-5-11-22-36)46-27-16-25-42-41-24-13-15-28-48(41)57-50(42)46/h3-33H,1-2H3. The fraction of sp³-hybridized carbons (Fsp3) is 0.0577. The highest BCUT2D eigenvalue weighted by Gasteiger charge is 2.36. The van der Waals surface area contributed by atoms with Gasteiger partial charge in [-0.1, -0.05) is 129 Å². The maximum atomic E-state index is 6.88. The molecular weight excluding hydrogens is 715 g/mol. The summed E-state index contributed by atoms with van der Waals surface area (Å²) in [6.45, 7) is 4.67. The summed E-state index contributed by atoms with van der Waals surface area (Å²) in [5, 5.41) is 2.51. The Morgan fingerprint density at radius 2 is 1.12 bits per heavy atom. The van der Waals surface area contributed by atoms with Gasteiger partial charge in [0, 0.05) is 43.5 Å². The molecule has 0 atom stereocenters. The zero-order valence-corrected chi connectivity index (χ0v) is 32.4. The second-order valence-electron chi connectivity index (χ2n) is 15.2. The van der Waals surface area contributed by atoms with E-state index in [0.717, 1.165) is 50.8 Å². The predicted molar refractivity (Wildman–Crippen MR) is 239 cm³/mol. The van der Waals surface area contributed by atoms with Crippen molar-refractivity contribution in [3.63, 3.8) is 0 Å². The van der Waals surface area contributed by atoms with Gasteiger partial charge in [0.1, 0.15) is 5.52 Å². The molecule has 2 aromatic heterocycles. The number of anilines is 6. The normalized spacial score (nSPS) is 12.9. The van der Waals surface area contributed by atoms with Crippen molar-refractivity contribution in [2.24, 2.45) is 0 Å². The van der Waals surface area contributed by atoms with Crippen LogP contribution in [0.15, 0.2) is 192 Å². The largest absolute Gasteiger partial charge is 0.434 e. The molecule has 0 spiro atoms. The number of fused-ring (bicyclic) bond motifs is 7. The molecule has 1 aliphatic rings. The average molecular weight is 752 g/mol. The Hall–Kier alpha value is -6.95. The lowest BCUT2D eigenvalue weighted by atomic mass is 9.82. The fourth-order valence-corrected chi connectivity index (χ4v) is 9.95. The number of thiophene rings is 1. The van der Waals surface area contributed by atoms with Gasteiger partial charge in [-0.25, -0.2) is 4.98 Å². The summed E-state index contributed by atoms with van der Waals surface area (Å²) in [5.41, 5.74) is 13.6. The van der Waals surface area contributed by atoms with Crippen LogP contribution in [0.5, 0.6) is 0 Å². The number of aromatic nitrogens is 1. The summed E-state index contributed by atoms with van der Waals surface area (Å²) in [6.07, 6.45) is 0. The number of benzene rings is 8. The van der Waals surface area contributed by atoms with Crippen LogP contribution in [0.1, 0.15) is 25.0 Å². The van der Waals surface area contributed by atoms with Crippen LogP contribution in [0.2, 0.25) is 0 Å². The van der Waals surface area contributed by atoms with Gasteiger partial charge in [-0.3, -0.25) is 0 Å². The van der Waals surface area contributed by atoms with E-state index >= 15 is 0 Å². The molecule has 0 N–H and O–H groups in total. The molecule has 272 valence electrons. The molecule has 0 aliphatic heterocycles. The molecule has 0 radical (unpaired) electrons. The van der Waals surface area contributed by atoms with Crippen molar-refractivity contribution < 1.29 is 4.42 Å².